The lowest BCUT2D eigenvalue weighted by molar-refractivity contribution is 0.0690. The number of carboxylic acids is 1. The number of benzene rings is 1. The number of methoxy groups -OCH3 is 1. The van der Waals surface area contributed by atoms with Crippen LogP contribution in [0.3, 0.4) is 0 Å². The fraction of sp³-hybridized carbons (Fsp3) is 0.333. The van der Waals surface area contributed by atoms with Gasteiger partial charge in [0.05, 0.1) is 24.1 Å². The Morgan fingerprint density at radius 3 is 2.54 bits per heavy atom. The molecule has 140 valence electrons. The summed E-state index contributed by atoms with van der Waals surface area (Å²) < 4.78 is 43.6. The van der Waals surface area contributed by atoms with Crippen LogP contribution in [0.2, 0.25) is 0 Å². The summed E-state index contributed by atoms with van der Waals surface area (Å²) in [6.45, 7) is 2.63. The molecule has 0 saturated carbocycles. The standard InChI is InChI=1S/C18H19F2NO5/c1-3-14(13-6-4-11(10-21-13)25-9-8-24-2)26-15-7-5-12(18(22)23)16(19)17(15)20/h4-7,10,14H,3,8-9H2,1-2H3,(H,22,23)/t14-/m1/s1. The molecular formula is C18H19F2NO5. The number of nitrogens with zero attached hydrogens (tertiary/aromatic N) is 1. The topological polar surface area (TPSA) is 77.9 Å². The van der Waals surface area contributed by atoms with Gasteiger partial charge in [-0.05, 0) is 30.7 Å². The van der Waals surface area contributed by atoms with Gasteiger partial charge >= 0.3 is 5.97 Å². The zero-order valence-corrected chi connectivity index (χ0v) is 14.4. The smallest absolute Gasteiger partial charge is 0.338 e. The van der Waals surface area contributed by atoms with Crippen molar-refractivity contribution in [1.29, 1.82) is 0 Å². The zero-order chi connectivity index (χ0) is 19.1. The first-order valence-corrected chi connectivity index (χ1v) is 7.93. The maximum Gasteiger partial charge on any atom is 0.338 e. The van der Waals surface area contributed by atoms with Crippen molar-refractivity contribution in [1.82, 2.24) is 4.98 Å². The Kier molecular flexibility index (Phi) is 6.85. The highest BCUT2D eigenvalue weighted by atomic mass is 19.2. The first kappa shape index (κ1) is 19.6. The van der Waals surface area contributed by atoms with E-state index in [-0.39, 0.29) is 5.75 Å². The first-order valence-electron chi connectivity index (χ1n) is 7.93. The van der Waals surface area contributed by atoms with Crippen LogP contribution in [0, 0.1) is 11.6 Å². The number of rotatable bonds is 9. The Morgan fingerprint density at radius 1 is 1.19 bits per heavy atom. The minimum Gasteiger partial charge on any atom is -0.490 e. The van der Waals surface area contributed by atoms with E-state index in [1.807, 2.05) is 0 Å². The molecule has 1 aromatic heterocycles. The molecule has 0 amide bonds. The van der Waals surface area contributed by atoms with Crippen LogP contribution < -0.4 is 9.47 Å². The highest BCUT2D eigenvalue weighted by Crippen LogP contribution is 2.29. The number of ether oxygens (including phenoxy) is 3. The lowest BCUT2D eigenvalue weighted by Crippen LogP contribution is -2.11. The second-order valence-corrected chi connectivity index (χ2v) is 5.32. The van der Waals surface area contributed by atoms with Crippen molar-refractivity contribution in [2.75, 3.05) is 20.3 Å². The Labute approximate surface area is 149 Å². The molecule has 2 rings (SSSR count). The van der Waals surface area contributed by atoms with Gasteiger partial charge in [0.1, 0.15) is 18.5 Å². The number of carbonyl (C=O) groups is 1. The number of halogens is 2. The summed E-state index contributed by atoms with van der Waals surface area (Å²) in [6, 6.07) is 5.40. The molecule has 0 spiro atoms. The summed E-state index contributed by atoms with van der Waals surface area (Å²) in [6.07, 6.45) is 1.31. The molecule has 0 fully saturated rings. The molecule has 0 aliphatic heterocycles. The number of aromatic nitrogens is 1. The average molecular weight is 367 g/mol. The van der Waals surface area contributed by atoms with Crippen molar-refractivity contribution in [3.8, 4) is 11.5 Å². The number of hydrogen-bond acceptors (Lipinski definition) is 5. The second-order valence-electron chi connectivity index (χ2n) is 5.32. The van der Waals surface area contributed by atoms with Gasteiger partial charge in [-0.3, -0.25) is 4.98 Å². The minimum atomic E-state index is -1.55. The maximum absolute atomic E-state index is 14.1. The molecule has 2 aromatic rings. The van der Waals surface area contributed by atoms with Crippen molar-refractivity contribution in [2.24, 2.45) is 0 Å². The molecule has 8 heteroatoms. The van der Waals surface area contributed by atoms with Gasteiger partial charge in [-0.2, -0.15) is 4.39 Å². The van der Waals surface area contributed by atoms with Crippen molar-refractivity contribution < 1.29 is 32.9 Å². The lowest BCUT2D eigenvalue weighted by atomic mass is 10.1. The summed E-state index contributed by atoms with van der Waals surface area (Å²) in [5.74, 6) is -4.18. The summed E-state index contributed by atoms with van der Waals surface area (Å²) >= 11 is 0. The van der Waals surface area contributed by atoms with Crippen LogP contribution in [-0.4, -0.2) is 36.4 Å². The Hall–Kier alpha value is -2.74. The van der Waals surface area contributed by atoms with Gasteiger partial charge in [0.15, 0.2) is 11.6 Å². The van der Waals surface area contributed by atoms with Crippen LogP contribution in [0.4, 0.5) is 8.78 Å². The van der Waals surface area contributed by atoms with Gasteiger partial charge in [0.2, 0.25) is 5.82 Å². The summed E-state index contributed by atoms with van der Waals surface area (Å²) in [7, 11) is 1.57. The maximum atomic E-state index is 14.1. The molecule has 1 heterocycles. The van der Waals surface area contributed by atoms with Crippen molar-refractivity contribution in [3.63, 3.8) is 0 Å². The minimum absolute atomic E-state index is 0.374. The first-order chi connectivity index (χ1) is 12.5. The predicted octanol–water partition coefficient (Wildman–Crippen LogP) is 3.61. The van der Waals surface area contributed by atoms with Crippen molar-refractivity contribution >= 4 is 5.97 Å². The summed E-state index contributed by atoms with van der Waals surface area (Å²) in [4.78, 5) is 15.1. The Morgan fingerprint density at radius 2 is 1.96 bits per heavy atom. The number of aromatic carboxylic acids is 1. The summed E-state index contributed by atoms with van der Waals surface area (Å²) in [5.41, 5.74) is -0.243. The molecule has 0 radical (unpaired) electrons. The third kappa shape index (κ3) is 4.66. The zero-order valence-electron chi connectivity index (χ0n) is 14.4. The van der Waals surface area contributed by atoms with Gasteiger partial charge in [-0.1, -0.05) is 6.92 Å². The van der Waals surface area contributed by atoms with E-state index in [9.17, 15) is 13.6 Å². The SMILES string of the molecule is CC[C@@H](Oc1ccc(C(=O)O)c(F)c1F)c1ccc(OCCOC)cn1. The molecule has 0 unspecified atom stereocenters. The van der Waals surface area contributed by atoms with Crippen LogP contribution >= 0.6 is 0 Å². The van der Waals surface area contributed by atoms with Crippen LogP contribution in [0.1, 0.15) is 35.5 Å². The van der Waals surface area contributed by atoms with Crippen LogP contribution in [0.5, 0.6) is 11.5 Å². The third-order valence-corrected chi connectivity index (χ3v) is 3.56. The van der Waals surface area contributed by atoms with E-state index in [0.29, 0.717) is 31.1 Å². The highest BCUT2D eigenvalue weighted by molar-refractivity contribution is 5.88. The van der Waals surface area contributed by atoms with Gasteiger partial charge in [-0.25, -0.2) is 9.18 Å². The molecule has 1 N–H and O–H groups in total. The molecule has 0 aliphatic carbocycles. The Bertz CT molecular complexity index is 752. The number of pyridine rings is 1. The van der Waals surface area contributed by atoms with Gasteiger partial charge in [0, 0.05) is 7.11 Å². The summed E-state index contributed by atoms with van der Waals surface area (Å²) in [5, 5.41) is 8.81. The molecule has 0 bridgehead atoms. The van der Waals surface area contributed by atoms with E-state index in [0.717, 1.165) is 12.1 Å². The largest absolute Gasteiger partial charge is 0.490 e. The highest BCUT2D eigenvalue weighted by Gasteiger charge is 2.22. The molecule has 1 aromatic carbocycles. The molecule has 1 atom stereocenters. The van der Waals surface area contributed by atoms with E-state index < -0.39 is 29.3 Å². The number of hydrogen-bond donors (Lipinski definition) is 1. The number of carboxylic acid groups (broad SMARTS) is 1. The van der Waals surface area contributed by atoms with Crippen LogP contribution in [-0.2, 0) is 4.74 Å². The van der Waals surface area contributed by atoms with E-state index in [1.54, 1.807) is 26.2 Å². The van der Waals surface area contributed by atoms with E-state index in [2.05, 4.69) is 4.98 Å². The molecule has 26 heavy (non-hydrogen) atoms. The van der Waals surface area contributed by atoms with E-state index >= 15 is 0 Å². The third-order valence-electron chi connectivity index (χ3n) is 3.56. The van der Waals surface area contributed by atoms with Crippen LogP contribution in [0.25, 0.3) is 0 Å². The molecular weight excluding hydrogens is 348 g/mol. The quantitative estimate of drug-likeness (QED) is 0.682. The normalized spacial score (nSPS) is 11.8. The lowest BCUT2D eigenvalue weighted by Gasteiger charge is -2.18. The Balaban J connectivity index is 2.14. The monoisotopic (exact) mass is 367 g/mol. The van der Waals surface area contributed by atoms with Gasteiger partial charge in [0.25, 0.3) is 0 Å². The van der Waals surface area contributed by atoms with Gasteiger partial charge < -0.3 is 19.3 Å². The van der Waals surface area contributed by atoms with Crippen molar-refractivity contribution in [2.45, 2.75) is 19.4 Å². The van der Waals surface area contributed by atoms with Crippen molar-refractivity contribution in [3.05, 3.63) is 53.4 Å². The van der Waals surface area contributed by atoms with Crippen LogP contribution in [0.15, 0.2) is 30.5 Å². The van der Waals surface area contributed by atoms with E-state index in [4.69, 9.17) is 19.3 Å². The molecule has 0 saturated heterocycles. The second kappa shape index (κ2) is 9.10. The fourth-order valence-corrected chi connectivity index (χ4v) is 2.20. The predicted molar refractivity (Wildman–Crippen MR) is 88.6 cm³/mol. The molecule has 0 aliphatic rings. The fourth-order valence-electron chi connectivity index (χ4n) is 2.20. The molecule has 6 nitrogen and oxygen atoms in total. The average Bonchev–Trinajstić information content (AvgIpc) is 2.63. The van der Waals surface area contributed by atoms with Gasteiger partial charge in [-0.15, -0.1) is 0 Å². The van der Waals surface area contributed by atoms with E-state index in [1.165, 1.54) is 6.20 Å².